The van der Waals surface area contributed by atoms with Crippen LogP contribution in [0.1, 0.15) is 46.1 Å². The summed E-state index contributed by atoms with van der Waals surface area (Å²) in [5.74, 6) is 2.58. The number of amides is 1. The Hall–Kier alpha value is -1.50. The number of aromatic nitrogens is 2. The van der Waals surface area contributed by atoms with Gasteiger partial charge in [0.2, 0.25) is 0 Å². The second-order valence-electron chi connectivity index (χ2n) is 6.14. The molecule has 1 fully saturated rings. The second-order valence-corrected chi connectivity index (χ2v) is 7.36. The van der Waals surface area contributed by atoms with Gasteiger partial charge in [-0.05, 0) is 51.0 Å². The van der Waals surface area contributed by atoms with Crippen molar-refractivity contribution in [2.75, 3.05) is 16.8 Å². The number of carbonyl (C=O) groups excluding carboxylic acids is 2. The Morgan fingerprint density at radius 1 is 1.39 bits per heavy atom. The summed E-state index contributed by atoms with van der Waals surface area (Å²) in [6, 6.07) is 1.87. The summed E-state index contributed by atoms with van der Waals surface area (Å²) in [7, 11) is 0. The molecule has 1 aromatic rings. The number of hydrogen-bond acceptors (Lipinski definition) is 5. The number of nitrogens with zero attached hydrogens (tertiary/aromatic N) is 2. The molecule has 1 N–H and O–H groups in total. The molecule has 2 heterocycles. The zero-order chi connectivity index (χ0) is 16.8. The molecule has 1 aliphatic rings. The van der Waals surface area contributed by atoms with E-state index in [-0.39, 0.29) is 17.9 Å². The zero-order valence-corrected chi connectivity index (χ0v) is 14.8. The average molecular weight is 339 g/mol. The van der Waals surface area contributed by atoms with E-state index in [1.54, 1.807) is 23.9 Å². The van der Waals surface area contributed by atoms with E-state index >= 15 is 0 Å². The van der Waals surface area contributed by atoms with E-state index in [1.165, 1.54) is 0 Å². The SMILES string of the molecule is CC(C)n1nccc1NC(=O)[C@@H](C)OC(=O)CC1CCSCC1. The molecule has 1 atom stereocenters. The Morgan fingerprint density at radius 2 is 2.09 bits per heavy atom. The Labute approximate surface area is 141 Å². The molecule has 0 spiro atoms. The predicted octanol–water partition coefficient (Wildman–Crippen LogP) is 2.87. The second kappa shape index (κ2) is 8.38. The minimum absolute atomic E-state index is 0.141. The summed E-state index contributed by atoms with van der Waals surface area (Å²) in [6.07, 6.45) is 3.33. The number of anilines is 1. The van der Waals surface area contributed by atoms with Crippen LogP contribution in [0.5, 0.6) is 0 Å². The number of ether oxygens (including phenoxy) is 1. The molecule has 7 heteroatoms. The van der Waals surface area contributed by atoms with Crippen molar-refractivity contribution in [3.8, 4) is 0 Å². The summed E-state index contributed by atoms with van der Waals surface area (Å²) in [5.41, 5.74) is 0. The molecule has 1 saturated heterocycles. The third kappa shape index (κ3) is 5.27. The first-order valence-electron chi connectivity index (χ1n) is 8.09. The molecule has 128 valence electrons. The van der Waals surface area contributed by atoms with E-state index in [1.807, 2.05) is 25.6 Å². The van der Waals surface area contributed by atoms with Crippen molar-refractivity contribution < 1.29 is 14.3 Å². The number of esters is 1. The molecule has 0 bridgehead atoms. The minimum Gasteiger partial charge on any atom is -0.453 e. The van der Waals surface area contributed by atoms with E-state index < -0.39 is 6.10 Å². The van der Waals surface area contributed by atoms with Gasteiger partial charge in [0.05, 0.1) is 6.20 Å². The van der Waals surface area contributed by atoms with Gasteiger partial charge in [0.15, 0.2) is 6.10 Å². The molecule has 23 heavy (non-hydrogen) atoms. The van der Waals surface area contributed by atoms with Gasteiger partial charge in [0.1, 0.15) is 5.82 Å². The average Bonchev–Trinajstić information content (AvgIpc) is 2.96. The van der Waals surface area contributed by atoms with Crippen molar-refractivity contribution >= 4 is 29.5 Å². The van der Waals surface area contributed by atoms with Crippen LogP contribution in [-0.2, 0) is 14.3 Å². The molecule has 1 aliphatic heterocycles. The van der Waals surface area contributed by atoms with Crippen molar-refractivity contribution in [1.82, 2.24) is 9.78 Å². The van der Waals surface area contributed by atoms with Crippen LogP contribution in [0.2, 0.25) is 0 Å². The van der Waals surface area contributed by atoms with Gasteiger partial charge in [0, 0.05) is 18.5 Å². The minimum atomic E-state index is -0.809. The summed E-state index contributed by atoms with van der Waals surface area (Å²) in [6.45, 7) is 5.56. The van der Waals surface area contributed by atoms with Crippen LogP contribution in [0.3, 0.4) is 0 Å². The molecule has 2 rings (SSSR count). The molecular formula is C16H25N3O3S. The normalized spacial score (nSPS) is 17.0. The third-order valence-corrected chi connectivity index (χ3v) is 4.93. The molecule has 1 aromatic heterocycles. The first kappa shape index (κ1) is 17.8. The lowest BCUT2D eigenvalue weighted by atomic mass is 9.99. The lowest BCUT2D eigenvalue weighted by molar-refractivity contribution is -0.154. The number of thioether (sulfide) groups is 1. The topological polar surface area (TPSA) is 73.2 Å². The largest absolute Gasteiger partial charge is 0.453 e. The molecule has 0 aliphatic carbocycles. The van der Waals surface area contributed by atoms with Gasteiger partial charge in [-0.15, -0.1) is 0 Å². The quantitative estimate of drug-likeness (QED) is 0.807. The van der Waals surface area contributed by atoms with Crippen LogP contribution < -0.4 is 5.32 Å². The molecule has 6 nitrogen and oxygen atoms in total. The fraction of sp³-hybridized carbons (Fsp3) is 0.688. The van der Waals surface area contributed by atoms with Gasteiger partial charge in [-0.3, -0.25) is 9.59 Å². The summed E-state index contributed by atoms with van der Waals surface area (Å²) in [4.78, 5) is 24.2. The third-order valence-electron chi connectivity index (χ3n) is 3.88. The summed E-state index contributed by atoms with van der Waals surface area (Å²) in [5, 5.41) is 6.92. The Bertz CT molecular complexity index is 538. The fourth-order valence-electron chi connectivity index (χ4n) is 2.54. The van der Waals surface area contributed by atoms with Crippen molar-refractivity contribution in [2.45, 2.75) is 52.2 Å². The van der Waals surface area contributed by atoms with Crippen LogP contribution >= 0.6 is 11.8 Å². The van der Waals surface area contributed by atoms with Crippen molar-refractivity contribution in [2.24, 2.45) is 5.92 Å². The van der Waals surface area contributed by atoms with E-state index in [0.29, 0.717) is 18.2 Å². The first-order valence-corrected chi connectivity index (χ1v) is 9.24. The van der Waals surface area contributed by atoms with Crippen LogP contribution in [0, 0.1) is 5.92 Å². The maximum absolute atomic E-state index is 12.2. The summed E-state index contributed by atoms with van der Waals surface area (Å²) < 4.78 is 6.99. The van der Waals surface area contributed by atoms with E-state index in [9.17, 15) is 9.59 Å². The Balaban J connectivity index is 1.82. The summed E-state index contributed by atoms with van der Waals surface area (Å²) >= 11 is 1.93. The van der Waals surface area contributed by atoms with E-state index in [4.69, 9.17) is 4.74 Å². The Morgan fingerprint density at radius 3 is 2.74 bits per heavy atom. The van der Waals surface area contributed by atoms with E-state index in [0.717, 1.165) is 24.3 Å². The van der Waals surface area contributed by atoms with Gasteiger partial charge in [0.25, 0.3) is 5.91 Å². The van der Waals surface area contributed by atoms with Crippen molar-refractivity contribution in [3.05, 3.63) is 12.3 Å². The van der Waals surface area contributed by atoms with Gasteiger partial charge in [-0.1, -0.05) is 0 Å². The number of rotatable bonds is 6. The number of nitrogens with one attached hydrogen (secondary N) is 1. The molecule has 0 unspecified atom stereocenters. The number of hydrogen-bond donors (Lipinski definition) is 1. The fourth-order valence-corrected chi connectivity index (χ4v) is 3.74. The molecule has 1 amide bonds. The highest BCUT2D eigenvalue weighted by Gasteiger charge is 2.23. The Kier molecular flexibility index (Phi) is 6.50. The van der Waals surface area contributed by atoms with Crippen molar-refractivity contribution in [1.29, 1.82) is 0 Å². The smallest absolute Gasteiger partial charge is 0.306 e. The van der Waals surface area contributed by atoms with Gasteiger partial charge >= 0.3 is 5.97 Å². The molecule has 0 radical (unpaired) electrons. The van der Waals surface area contributed by atoms with Gasteiger partial charge < -0.3 is 10.1 Å². The molecule has 0 saturated carbocycles. The van der Waals surface area contributed by atoms with Crippen molar-refractivity contribution in [3.63, 3.8) is 0 Å². The molecular weight excluding hydrogens is 314 g/mol. The lowest BCUT2D eigenvalue weighted by Crippen LogP contribution is -2.31. The highest BCUT2D eigenvalue weighted by atomic mass is 32.2. The standard InChI is InChI=1S/C16H25N3O3S/c1-11(2)19-14(4-7-17-19)18-16(21)12(3)22-15(20)10-13-5-8-23-9-6-13/h4,7,11-13H,5-6,8-10H2,1-3H3,(H,18,21)/t12-/m1/s1. The van der Waals surface area contributed by atoms with Crippen LogP contribution in [0.15, 0.2) is 12.3 Å². The van der Waals surface area contributed by atoms with Crippen LogP contribution in [-0.4, -0.2) is 39.3 Å². The lowest BCUT2D eigenvalue weighted by Gasteiger charge is -2.21. The monoisotopic (exact) mass is 339 g/mol. The first-order chi connectivity index (χ1) is 11.0. The zero-order valence-electron chi connectivity index (χ0n) is 13.9. The van der Waals surface area contributed by atoms with Crippen LogP contribution in [0.4, 0.5) is 5.82 Å². The van der Waals surface area contributed by atoms with Gasteiger partial charge in [-0.25, -0.2) is 4.68 Å². The predicted molar refractivity (Wildman–Crippen MR) is 91.5 cm³/mol. The number of carbonyl (C=O) groups is 2. The maximum atomic E-state index is 12.2. The van der Waals surface area contributed by atoms with Gasteiger partial charge in [-0.2, -0.15) is 16.9 Å². The molecule has 0 aromatic carbocycles. The highest BCUT2D eigenvalue weighted by Crippen LogP contribution is 2.25. The van der Waals surface area contributed by atoms with E-state index in [2.05, 4.69) is 10.4 Å². The highest BCUT2D eigenvalue weighted by molar-refractivity contribution is 7.99. The van der Waals surface area contributed by atoms with Crippen LogP contribution in [0.25, 0.3) is 0 Å². The maximum Gasteiger partial charge on any atom is 0.306 e.